The van der Waals surface area contributed by atoms with Crippen molar-refractivity contribution in [1.29, 1.82) is 0 Å². The second kappa shape index (κ2) is 7.34. The van der Waals surface area contributed by atoms with Crippen molar-refractivity contribution in [3.8, 4) is 0 Å². The third-order valence-corrected chi connectivity index (χ3v) is 4.40. The van der Waals surface area contributed by atoms with Gasteiger partial charge in [0, 0.05) is 11.4 Å². The molecule has 1 aromatic carbocycles. The van der Waals surface area contributed by atoms with Crippen LogP contribution in [0.5, 0.6) is 0 Å². The molecule has 0 aliphatic heterocycles. The van der Waals surface area contributed by atoms with Gasteiger partial charge in [-0.1, -0.05) is 18.6 Å². The summed E-state index contributed by atoms with van der Waals surface area (Å²) in [6.07, 6.45) is 4.88. The van der Waals surface area contributed by atoms with E-state index in [1.165, 1.54) is 0 Å². The molecule has 0 bridgehead atoms. The summed E-state index contributed by atoms with van der Waals surface area (Å²) in [7, 11) is 0. The van der Waals surface area contributed by atoms with E-state index in [9.17, 15) is 14.4 Å². The van der Waals surface area contributed by atoms with E-state index in [0.29, 0.717) is 11.3 Å². The van der Waals surface area contributed by atoms with Crippen LogP contribution in [0.1, 0.15) is 46.4 Å². The molecule has 1 amide bonds. The first-order chi connectivity index (χ1) is 12.0. The van der Waals surface area contributed by atoms with E-state index < -0.39 is 11.9 Å². The van der Waals surface area contributed by atoms with Gasteiger partial charge >= 0.3 is 5.97 Å². The Bertz CT molecular complexity index is 853. The predicted molar refractivity (Wildman–Crippen MR) is 94.1 cm³/mol. The Morgan fingerprint density at radius 2 is 1.80 bits per heavy atom. The maximum atomic E-state index is 12.4. The molecule has 1 aliphatic carbocycles. The molecule has 1 heterocycles. The van der Waals surface area contributed by atoms with Crippen LogP contribution in [0.25, 0.3) is 0 Å². The van der Waals surface area contributed by atoms with Gasteiger partial charge in [-0.2, -0.15) is 0 Å². The zero-order valence-corrected chi connectivity index (χ0v) is 13.8. The van der Waals surface area contributed by atoms with Crippen molar-refractivity contribution in [3.05, 3.63) is 63.1 Å². The number of aromatic amines is 1. The van der Waals surface area contributed by atoms with E-state index >= 15 is 0 Å². The smallest absolute Gasteiger partial charge is 0.307 e. The summed E-state index contributed by atoms with van der Waals surface area (Å²) in [5, 5.41) is 11.5. The quantitative estimate of drug-likeness (QED) is 0.745. The van der Waals surface area contributed by atoms with E-state index in [2.05, 4.69) is 10.3 Å². The number of nitrogens with one attached hydrogen (secondary N) is 2. The minimum Gasteiger partial charge on any atom is -0.481 e. The van der Waals surface area contributed by atoms with Crippen molar-refractivity contribution in [2.24, 2.45) is 0 Å². The number of fused-ring (bicyclic) bond motifs is 1. The molecule has 3 N–H and O–H groups in total. The highest BCUT2D eigenvalue weighted by Crippen LogP contribution is 2.19. The van der Waals surface area contributed by atoms with E-state index in [1.54, 1.807) is 30.3 Å². The van der Waals surface area contributed by atoms with Crippen molar-refractivity contribution in [3.63, 3.8) is 0 Å². The average Bonchev–Trinajstić information content (AvgIpc) is 2.80. The molecule has 0 atom stereocenters. The predicted octanol–water partition coefficient (Wildman–Crippen LogP) is 2.52. The van der Waals surface area contributed by atoms with Crippen LogP contribution in [-0.2, 0) is 24.1 Å². The Morgan fingerprint density at radius 1 is 1.08 bits per heavy atom. The number of carboxylic acid groups (broad SMARTS) is 1. The fourth-order valence-electron chi connectivity index (χ4n) is 3.10. The monoisotopic (exact) mass is 340 g/mol. The van der Waals surface area contributed by atoms with Crippen LogP contribution in [0.2, 0.25) is 0 Å². The molecular weight excluding hydrogens is 320 g/mol. The first-order valence-electron chi connectivity index (χ1n) is 8.40. The normalized spacial score (nSPS) is 13.6. The van der Waals surface area contributed by atoms with Gasteiger partial charge in [-0.25, -0.2) is 0 Å². The van der Waals surface area contributed by atoms with Crippen molar-refractivity contribution < 1.29 is 14.7 Å². The average molecular weight is 340 g/mol. The summed E-state index contributed by atoms with van der Waals surface area (Å²) < 4.78 is 0. The molecule has 0 radical (unpaired) electrons. The van der Waals surface area contributed by atoms with E-state index in [1.807, 2.05) is 0 Å². The fraction of sp³-hybridized carbons (Fsp3) is 0.316. The third-order valence-electron chi connectivity index (χ3n) is 4.40. The van der Waals surface area contributed by atoms with Crippen LogP contribution < -0.4 is 10.9 Å². The highest BCUT2D eigenvalue weighted by molar-refractivity contribution is 6.04. The summed E-state index contributed by atoms with van der Waals surface area (Å²) in [6, 6.07) is 8.26. The number of carbonyl (C=O) groups is 2. The number of aromatic nitrogens is 1. The lowest BCUT2D eigenvalue weighted by Gasteiger charge is -2.09. The molecule has 6 nitrogen and oxygen atoms in total. The van der Waals surface area contributed by atoms with Crippen molar-refractivity contribution in [2.45, 2.75) is 38.5 Å². The number of hydrogen-bond donors (Lipinski definition) is 3. The summed E-state index contributed by atoms with van der Waals surface area (Å²) in [5.41, 5.74) is 2.88. The summed E-state index contributed by atoms with van der Waals surface area (Å²) in [6.45, 7) is 0. The summed E-state index contributed by atoms with van der Waals surface area (Å²) in [4.78, 5) is 38.2. The zero-order chi connectivity index (χ0) is 17.8. The van der Waals surface area contributed by atoms with Gasteiger partial charge in [0.25, 0.3) is 11.5 Å². The van der Waals surface area contributed by atoms with Crippen LogP contribution in [-0.4, -0.2) is 22.0 Å². The number of aryl methyl sites for hydroxylation is 2. The lowest BCUT2D eigenvalue weighted by atomic mass is 10.1. The van der Waals surface area contributed by atoms with Gasteiger partial charge in [0.05, 0.1) is 6.42 Å². The first kappa shape index (κ1) is 17.0. The van der Waals surface area contributed by atoms with Crippen LogP contribution >= 0.6 is 0 Å². The van der Waals surface area contributed by atoms with Gasteiger partial charge in [-0.3, -0.25) is 14.4 Å². The number of rotatable bonds is 4. The molecule has 25 heavy (non-hydrogen) atoms. The Hall–Kier alpha value is -2.89. The molecule has 0 unspecified atom stereocenters. The highest BCUT2D eigenvalue weighted by Gasteiger charge is 2.16. The molecule has 3 rings (SSSR count). The number of H-pyrrole nitrogens is 1. The molecule has 1 aliphatic rings. The number of anilines is 1. The lowest BCUT2D eigenvalue weighted by Crippen LogP contribution is -2.25. The van der Waals surface area contributed by atoms with Crippen molar-refractivity contribution in [2.75, 3.05) is 5.32 Å². The number of amides is 1. The van der Waals surface area contributed by atoms with Crippen LogP contribution in [0.15, 0.2) is 35.1 Å². The zero-order valence-electron chi connectivity index (χ0n) is 13.8. The van der Waals surface area contributed by atoms with Gasteiger partial charge in [0.1, 0.15) is 5.56 Å². The molecule has 2 aromatic rings. The Labute approximate surface area is 144 Å². The molecular formula is C19H20N2O4. The number of carbonyl (C=O) groups excluding carboxylic acids is 1. The fourth-order valence-corrected chi connectivity index (χ4v) is 3.10. The number of hydrogen-bond acceptors (Lipinski definition) is 3. The SMILES string of the molecule is O=C(O)Cc1ccc(NC(=O)c2cc3c([nH]c2=O)CCCCC3)cc1. The van der Waals surface area contributed by atoms with Crippen LogP contribution in [0, 0.1) is 0 Å². The molecule has 1 aromatic heterocycles. The van der Waals surface area contributed by atoms with Gasteiger partial charge < -0.3 is 15.4 Å². The summed E-state index contributed by atoms with van der Waals surface area (Å²) >= 11 is 0. The second-order valence-corrected chi connectivity index (χ2v) is 6.30. The largest absolute Gasteiger partial charge is 0.481 e. The van der Waals surface area contributed by atoms with E-state index in [0.717, 1.165) is 43.4 Å². The molecule has 130 valence electrons. The minimum absolute atomic E-state index is 0.0707. The standard InChI is InChI=1S/C19H20N2O4/c22-17(23)10-12-6-8-14(9-7-12)20-18(24)15-11-13-4-2-1-3-5-16(13)21-19(15)25/h6-9,11H,1-5,10H2,(H,20,24)(H,21,25)(H,22,23). The molecule has 0 saturated heterocycles. The second-order valence-electron chi connectivity index (χ2n) is 6.30. The third kappa shape index (κ3) is 4.15. The molecule has 0 spiro atoms. The first-order valence-corrected chi connectivity index (χ1v) is 8.40. The van der Waals surface area contributed by atoms with Gasteiger partial charge in [0.2, 0.25) is 0 Å². The molecule has 0 saturated carbocycles. The van der Waals surface area contributed by atoms with Crippen LogP contribution in [0.4, 0.5) is 5.69 Å². The van der Waals surface area contributed by atoms with Gasteiger partial charge in [0.15, 0.2) is 0 Å². The van der Waals surface area contributed by atoms with Crippen LogP contribution in [0.3, 0.4) is 0 Å². The molecule has 0 fully saturated rings. The number of pyridine rings is 1. The van der Waals surface area contributed by atoms with E-state index in [-0.39, 0.29) is 17.5 Å². The maximum absolute atomic E-state index is 12.4. The van der Waals surface area contributed by atoms with E-state index in [4.69, 9.17) is 5.11 Å². The van der Waals surface area contributed by atoms with Gasteiger partial charge in [-0.05, 0) is 55.0 Å². The number of benzene rings is 1. The Kier molecular flexibility index (Phi) is 4.97. The topological polar surface area (TPSA) is 99.3 Å². The minimum atomic E-state index is -0.909. The number of aliphatic carboxylic acids is 1. The van der Waals surface area contributed by atoms with Crippen molar-refractivity contribution in [1.82, 2.24) is 4.98 Å². The Morgan fingerprint density at radius 3 is 2.52 bits per heavy atom. The van der Waals surface area contributed by atoms with Crippen molar-refractivity contribution >= 4 is 17.6 Å². The maximum Gasteiger partial charge on any atom is 0.307 e. The highest BCUT2D eigenvalue weighted by atomic mass is 16.4. The number of carboxylic acids is 1. The lowest BCUT2D eigenvalue weighted by molar-refractivity contribution is -0.136. The summed E-state index contributed by atoms with van der Waals surface area (Å²) in [5.74, 6) is -1.37. The molecule has 6 heteroatoms. The van der Waals surface area contributed by atoms with Gasteiger partial charge in [-0.15, -0.1) is 0 Å². The Balaban J connectivity index is 1.78.